The lowest BCUT2D eigenvalue weighted by Gasteiger charge is -2.01. The SMILES string of the molecule is O=C(O)CCCCCCc1cccc([N+](=O)[O-])c1. The van der Waals surface area contributed by atoms with Crippen LogP contribution >= 0.6 is 0 Å². The molecule has 0 aromatic heterocycles. The average Bonchev–Trinajstić information content (AvgIpc) is 2.33. The Hall–Kier alpha value is -1.91. The number of unbranched alkanes of at least 4 members (excludes halogenated alkanes) is 3. The van der Waals surface area contributed by atoms with Crippen molar-refractivity contribution in [2.45, 2.75) is 38.5 Å². The van der Waals surface area contributed by atoms with Crippen LogP contribution in [-0.2, 0) is 11.2 Å². The maximum Gasteiger partial charge on any atom is 0.303 e. The Morgan fingerprint density at radius 2 is 1.94 bits per heavy atom. The second-order valence-corrected chi connectivity index (χ2v) is 4.23. The van der Waals surface area contributed by atoms with Crippen LogP contribution in [0.5, 0.6) is 0 Å². The van der Waals surface area contributed by atoms with E-state index >= 15 is 0 Å². The van der Waals surface area contributed by atoms with Crippen molar-refractivity contribution in [3.05, 3.63) is 39.9 Å². The summed E-state index contributed by atoms with van der Waals surface area (Å²) >= 11 is 0. The van der Waals surface area contributed by atoms with E-state index in [0.717, 1.165) is 31.2 Å². The first-order chi connectivity index (χ1) is 8.59. The molecule has 0 radical (unpaired) electrons. The predicted molar refractivity (Wildman–Crippen MR) is 67.5 cm³/mol. The van der Waals surface area contributed by atoms with Crippen molar-refractivity contribution in [3.63, 3.8) is 0 Å². The third-order valence-corrected chi connectivity index (χ3v) is 2.73. The summed E-state index contributed by atoms with van der Waals surface area (Å²) in [6.45, 7) is 0. The topological polar surface area (TPSA) is 80.4 Å². The first kappa shape index (κ1) is 14.2. The van der Waals surface area contributed by atoms with Crippen LogP contribution in [0.2, 0.25) is 0 Å². The molecule has 0 amide bonds. The Kier molecular flexibility index (Phi) is 5.84. The molecule has 0 heterocycles. The Morgan fingerprint density at radius 1 is 1.22 bits per heavy atom. The number of carboxylic acid groups (broad SMARTS) is 1. The van der Waals surface area contributed by atoms with E-state index in [1.54, 1.807) is 12.1 Å². The van der Waals surface area contributed by atoms with Crippen molar-refractivity contribution in [1.82, 2.24) is 0 Å². The number of non-ortho nitro benzene ring substituents is 1. The highest BCUT2D eigenvalue weighted by atomic mass is 16.6. The van der Waals surface area contributed by atoms with Crippen molar-refractivity contribution in [1.29, 1.82) is 0 Å². The third-order valence-electron chi connectivity index (χ3n) is 2.73. The molecule has 5 nitrogen and oxygen atoms in total. The standard InChI is InChI=1S/C13H17NO4/c15-13(16)9-4-2-1-3-6-11-7-5-8-12(10-11)14(17)18/h5,7-8,10H,1-4,6,9H2,(H,15,16). The highest BCUT2D eigenvalue weighted by Crippen LogP contribution is 2.15. The number of carbonyl (C=O) groups is 1. The van der Waals surface area contributed by atoms with E-state index < -0.39 is 10.9 Å². The fourth-order valence-electron chi connectivity index (χ4n) is 1.78. The van der Waals surface area contributed by atoms with Crippen LogP contribution in [0.3, 0.4) is 0 Å². The fraction of sp³-hybridized carbons (Fsp3) is 0.462. The zero-order chi connectivity index (χ0) is 13.4. The molecular formula is C13H17NO4. The maximum atomic E-state index is 10.6. The van der Waals surface area contributed by atoms with Crippen LogP contribution in [0.1, 0.15) is 37.7 Å². The first-order valence-corrected chi connectivity index (χ1v) is 6.04. The van der Waals surface area contributed by atoms with Gasteiger partial charge in [0.05, 0.1) is 4.92 Å². The molecule has 1 rings (SSSR count). The van der Waals surface area contributed by atoms with Gasteiger partial charge in [-0.15, -0.1) is 0 Å². The second-order valence-electron chi connectivity index (χ2n) is 4.23. The molecule has 0 aliphatic rings. The number of hydrogen-bond donors (Lipinski definition) is 1. The summed E-state index contributed by atoms with van der Waals surface area (Å²) in [5.41, 5.74) is 1.08. The molecule has 18 heavy (non-hydrogen) atoms. The molecule has 5 heteroatoms. The number of hydrogen-bond acceptors (Lipinski definition) is 3. The molecule has 0 aliphatic heterocycles. The number of aryl methyl sites for hydroxylation is 1. The van der Waals surface area contributed by atoms with Gasteiger partial charge in [-0.2, -0.15) is 0 Å². The molecule has 1 N–H and O–H groups in total. The molecule has 0 unspecified atom stereocenters. The van der Waals surface area contributed by atoms with E-state index in [2.05, 4.69) is 0 Å². The first-order valence-electron chi connectivity index (χ1n) is 6.04. The van der Waals surface area contributed by atoms with Crippen molar-refractivity contribution >= 4 is 11.7 Å². The van der Waals surface area contributed by atoms with E-state index in [0.29, 0.717) is 6.42 Å². The van der Waals surface area contributed by atoms with Crippen molar-refractivity contribution in [2.24, 2.45) is 0 Å². The molecule has 1 aromatic carbocycles. The number of nitro groups is 1. The Morgan fingerprint density at radius 3 is 2.61 bits per heavy atom. The molecule has 0 saturated heterocycles. The lowest BCUT2D eigenvalue weighted by Crippen LogP contribution is -1.94. The third kappa shape index (κ3) is 5.43. The summed E-state index contributed by atoms with van der Waals surface area (Å²) in [6.07, 6.45) is 4.49. The van der Waals surface area contributed by atoms with Crippen LogP contribution in [0, 0.1) is 10.1 Å². The van der Waals surface area contributed by atoms with E-state index in [4.69, 9.17) is 5.11 Å². The van der Waals surface area contributed by atoms with Crippen LogP contribution in [0.4, 0.5) is 5.69 Å². The van der Waals surface area contributed by atoms with Gasteiger partial charge >= 0.3 is 5.97 Å². The summed E-state index contributed by atoms with van der Waals surface area (Å²) < 4.78 is 0. The van der Waals surface area contributed by atoms with E-state index in [1.807, 2.05) is 6.07 Å². The second kappa shape index (κ2) is 7.42. The van der Waals surface area contributed by atoms with Gasteiger partial charge in [-0.05, 0) is 24.8 Å². The number of nitrogens with zero attached hydrogens (tertiary/aromatic N) is 1. The Bertz CT molecular complexity index is 417. The fourth-order valence-corrected chi connectivity index (χ4v) is 1.78. The molecular weight excluding hydrogens is 234 g/mol. The summed E-state index contributed by atoms with van der Waals surface area (Å²) in [6, 6.07) is 6.65. The molecule has 98 valence electrons. The van der Waals surface area contributed by atoms with Gasteiger partial charge in [0.1, 0.15) is 0 Å². The summed E-state index contributed by atoms with van der Waals surface area (Å²) in [4.78, 5) is 20.5. The van der Waals surface area contributed by atoms with Gasteiger partial charge in [-0.25, -0.2) is 0 Å². The monoisotopic (exact) mass is 251 g/mol. The van der Waals surface area contributed by atoms with Crippen molar-refractivity contribution in [3.8, 4) is 0 Å². The molecule has 0 fully saturated rings. The molecule has 0 spiro atoms. The lowest BCUT2D eigenvalue weighted by molar-refractivity contribution is -0.384. The Balaban J connectivity index is 2.25. The van der Waals surface area contributed by atoms with E-state index in [1.165, 1.54) is 6.07 Å². The van der Waals surface area contributed by atoms with Gasteiger partial charge in [-0.3, -0.25) is 14.9 Å². The van der Waals surface area contributed by atoms with E-state index in [-0.39, 0.29) is 12.1 Å². The minimum Gasteiger partial charge on any atom is -0.481 e. The van der Waals surface area contributed by atoms with Crippen LogP contribution < -0.4 is 0 Å². The van der Waals surface area contributed by atoms with Gasteiger partial charge in [0.15, 0.2) is 0 Å². The number of rotatable bonds is 8. The van der Waals surface area contributed by atoms with E-state index in [9.17, 15) is 14.9 Å². The molecule has 1 aromatic rings. The number of aliphatic carboxylic acids is 1. The van der Waals surface area contributed by atoms with Crippen LogP contribution in [0.25, 0.3) is 0 Å². The predicted octanol–water partition coefficient (Wildman–Crippen LogP) is 3.17. The summed E-state index contributed by atoms with van der Waals surface area (Å²) in [7, 11) is 0. The van der Waals surface area contributed by atoms with Gasteiger partial charge in [0.2, 0.25) is 0 Å². The van der Waals surface area contributed by atoms with Gasteiger partial charge in [0, 0.05) is 18.6 Å². The van der Waals surface area contributed by atoms with Gasteiger partial charge < -0.3 is 5.11 Å². The van der Waals surface area contributed by atoms with Crippen LogP contribution in [0.15, 0.2) is 24.3 Å². The largest absolute Gasteiger partial charge is 0.481 e. The normalized spacial score (nSPS) is 10.2. The molecule has 0 saturated carbocycles. The minimum atomic E-state index is -0.756. The van der Waals surface area contributed by atoms with Crippen molar-refractivity contribution in [2.75, 3.05) is 0 Å². The summed E-state index contributed by atoms with van der Waals surface area (Å²) in [5.74, 6) is -0.756. The minimum absolute atomic E-state index is 0.123. The van der Waals surface area contributed by atoms with Crippen molar-refractivity contribution < 1.29 is 14.8 Å². The number of benzene rings is 1. The zero-order valence-corrected chi connectivity index (χ0v) is 10.2. The highest BCUT2D eigenvalue weighted by Gasteiger charge is 2.05. The van der Waals surface area contributed by atoms with Crippen LogP contribution in [-0.4, -0.2) is 16.0 Å². The lowest BCUT2D eigenvalue weighted by atomic mass is 10.1. The van der Waals surface area contributed by atoms with Gasteiger partial charge in [0.25, 0.3) is 5.69 Å². The number of carboxylic acids is 1. The summed E-state index contributed by atoms with van der Waals surface area (Å²) in [5, 5.41) is 19.0. The molecule has 0 atom stereocenters. The maximum absolute atomic E-state index is 10.6. The Labute approximate surface area is 106 Å². The highest BCUT2D eigenvalue weighted by molar-refractivity contribution is 5.66. The molecule has 0 aliphatic carbocycles. The molecule has 0 bridgehead atoms. The number of nitro benzene ring substituents is 1. The average molecular weight is 251 g/mol. The smallest absolute Gasteiger partial charge is 0.303 e. The zero-order valence-electron chi connectivity index (χ0n) is 10.2. The van der Waals surface area contributed by atoms with Gasteiger partial charge in [-0.1, -0.05) is 25.0 Å². The quantitative estimate of drug-likeness (QED) is 0.437.